The average Bonchev–Trinajstić information content (AvgIpc) is 2.16. The van der Waals surface area contributed by atoms with E-state index in [9.17, 15) is 0 Å². The summed E-state index contributed by atoms with van der Waals surface area (Å²) in [5.41, 5.74) is 0.278. The fourth-order valence-corrected chi connectivity index (χ4v) is 1.45. The molecule has 0 saturated carbocycles. The lowest BCUT2D eigenvalue weighted by Gasteiger charge is -2.29. The first kappa shape index (κ1) is 9.65. The Kier molecular flexibility index (Phi) is 2.52. The molecule has 0 saturated heterocycles. The van der Waals surface area contributed by atoms with E-state index in [2.05, 4.69) is 25.9 Å². The van der Waals surface area contributed by atoms with Crippen LogP contribution in [0.1, 0.15) is 27.2 Å². The van der Waals surface area contributed by atoms with Gasteiger partial charge in [-0.15, -0.1) is 0 Å². The molecule has 0 aromatic carbocycles. The lowest BCUT2D eigenvalue weighted by molar-refractivity contribution is 0.153. The first-order valence-corrected chi connectivity index (χ1v) is 4.45. The van der Waals surface area contributed by atoms with Crippen molar-refractivity contribution in [1.82, 2.24) is 9.43 Å². The van der Waals surface area contributed by atoms with Crippen molar-refractivity contribution in [2.75, 3.05) is 7.05 Å². The van der Waals surface area contributed by atoms with Crippen molar-refractivity contribution < 1.29 is 0 Å². The Labute approximate surface area is 79.1 Å². The molecule has 0 bridgehead atoms. The minimum absolute atomic E-state index is 0.201. The zero-order valence-electron chi connectivity index (χ0n) is 8.08. The van der Waals surface area contributed by atoms with E-state index in [1.54, 1.807) is 10.8 Å². The summed E-state index contributed by atoms with van der Waals surface area (Å²) >= 11 is 5.92. The van der Waals surface area contributed by atoms with Crippen molar-refractivity contribution in [3.05, 3.63) is 0 Å². The van der Waals surface area contributed by atoms with E-state index in [0.29, 0.717) is 0 Å². The van der Waals surface area contributed by atoms with Gasteiger partial charge in [0.05, 0.1) is 0 Å². The number of hydrogen-bond donors (Lipinski definition) is 0. The van der Waals surface area contributed by atoms with Gasteiger partial charge in [-0.3, -0.25) is 5.01 Å². The van der Waals surface area contributed by atoms with Gasteiger partial charge >= 0.3 is 0 Å². The van der Waals surface area contributed by atoms with Crippen LogP contribution in [0.25, 0.3) is 0 Å². The van der Waals surface area contributed by atoms with Crippen molar-refractivity contribution in [2.45, 2.75) is 33.4 Å². The van der Waals surface area contributed by atoms with Gasteiger partial charge in [-0.25, -0.2) is 4.42 Å². The Balaban J connectivity index is 2.53. The molecule has 70 valence electrons. The summed E-state index contributed by atoms with van der Waals surface area (Å²) in [5, 5.41) is 5.97. The van der Waals surface area contributed by atoms with Crippen LogP contribution in [-0.4, -0.2) is 29.0 Å². The van der Waals surface area contributed by atoms with E-state index in [4.69, 9.17) is 11.8 Å². The van der Waals surface area contributed by atoms with Gasteiger partial charge < -0.3 is 0 Å². The highest BCUT2D eigenvalue weighted by atomic mass is 35.5. The van der Waals surface area contributed by atoms with E-state index >= 15 is 0 Å². The summed E-state index contributed by atoms with van der Waals surface area (Å²) in [6.45, 7) is 6.59. The normalized spacial score (nSPS) is 23.9. The molecule has 1 heterocycles. The number of rotatable bonds is 1. The predicted molar refractivity (Wildman–Crippen MR) is 51.8 cm³/mol. The van der Waals surface area contributed by atoms with Crippen LogP contribution in [0, 0.1) is 5.41 Å². The molecule has 4 heteroatoms. The zero-order chi connectivity index (χ0) is 9.35. The van der Waals surface area contributed by atoms with Crippen molar-refractivity contribution in [3.8, 4) is 0 Å². The van der Waals surface area contributed by atoms with E-state index < -0.39 is 0 Å². The van der Waals surface area contributed by atoms with E-state index in [1.807, 2.05) is 12.1 Å². The molecule has 1 aliphatic rings. The quantitative estimate of drug-likeness (QED) is 0.589. The summed E-state index contributed by atoms with van der Waals surface area (Å²) in [5.74, 6) is 0. The fourth-order valence-electron chi connectivity index (χ4n) is 1.21. The van der Waals surface area contributed by atoms with Gasteiger partial charge in [-0.2, -0.15) is 5.10 Å². The van der Waals surface area contributed by atoms with Crippen LogP contribution < -0.4 is 0 Å². The Morgan fingerprint density at radius 3 is 2.42 bits per heavy atom. The van der Waals surface area contributed by atoms with E-state index in [1.165, 1.54) is 0 Å². The molecule has 0 radical (unpaired) electrons. The smallest absolute Gasteiger partial charge is 0.134 e. The molecule has 1 aliphatic heterocycles. The van der Waals surface area contributed by atoms with Crippen LogP contribution in [-0.2, 0) is 0 Å². The molecule has 0 aromatic heterocycles. The van der Waals surface area contributed by atoms with Gasteiger partial charge in [0, 0.05) is 18.8 Å². The average molecular weight is 190 g/mol. The molecule has 1 unspecified atom stereocenters. The lowest BCUT2D eigenvalue weighted by atomic mass is 9.90. The highest BCUT2D eigenvalue weighted by Gasteiger charge is 2.28. The lowest BCUT2D eigenvalue weighted by Crippen LogP contribution is -2.35. The fraction of sp³-hybridized carbons (Fsp3) is 0.875. The number of hydrazone groups is 1. The van der Waals surface area contributed by atoms with Crippen LogP contribution in [0.15, 0.2) is 5.10 Å². The summed E-state index contributed by atoms with van der Waals surface area (Å²) in [7, 11) is 1.94. The minimum Gasteiger partial charge on any atom is -0.275 e. The molecular weight excluding hydrogens is 174 g/mol. The van der Waals surface area contributed by atoms with Crippen LogP contribution in [0.2, 0.25) is 0 Å². The molecule has 0 spiro atoms. The van der Waals surface area contributed by atoms with Gasteiger partial charge in [-0.1, -0.05) is 20.8 Å². The van der Waals surface area contributed by atoms with Gasteiger partial charge in [0.25, 0.3) is 0 Å². The van der Waals surface area contributed by atoms with Crippen molar-refractivity contribution >= 4 is 18.1 Å². The topological polar surface area (TPSA) is 18.8 Å². The molecule has 0 aliphatic carbocycles. The molecule has 3 nitrogen and oxygen atoms in total. The molecule has 1 rings (SSSR count). The molecule has 0 aromatic rings. The predicted octanol–water partition coefficient (Wildman–Crippen LogP) is 2.09. The largest absolute Gasteiger partial charge is 0.275 e. The summed E-state index contributed by atoms with van der Waals surface area (Å²) in [6, 6.07) is 0. The summed E-state index contributed by atoms with van der Waals surface area (Å²) < 4.78 is 1.63. The van der Waals surface area contributed by atoms with Gasteiger partial charge in [0.1, 0.15) is 12.5 Å². The number of hydrogen-bond acceptors (Lipinski definition) is 3. The SMILES string of the molecule is CN1N=CN(Cl)C1CC(C)(C)C. The highest BCUT2D eigenvalue weighted by Crippen LogP contribution is 2.27. The molecule has 0 fully saturated rings. The summed E-state index contributed by atoms with van der Waals surface area (Å²) in [4.78, 5) is 0. The van der Waals surface area contributed by atoms with Crippen LogP contribution in [0.4, 0.5) is 0 Å². The maximum atomic E-state index is 5.92. The Bertz CT molecular complexity index is 173. The van der Waals surface area contributed by atoms with Gasteiger partial charge in [0.2, 0.25) is 0 Å². The molecular formula is C8H16ClN3. The van der Waals surface area contributed by atoms with Crippen LogP contribution in [0.3, 0.4) is 0 Å². The monoisotopic (exact) mass is 189 g/mol. The van der Waals surface area contributed by atoms with Gasteiger partial charge in [-0.05, 0) is 11.8 Å². The van der Waals surface area contributed by atoms with E-state index in [-0.39, 0.29) is 11.6 Å². The number of halogens is 1. The third-order valence-corrected chi connectivity index (χ3v) is 2.17. The van der Waals surface area contributed by atoms with Crippen LogP contribution in [0.5, 0.6) is 0 Å². The first-order chi connectivity index (χ1) is 5.40. The zero-order valence-corrected chi connectivity index (χ0v) is 8.84. The Hall–Kier alpha value is -0.440. The van der Waals surface area contributed by atoms with Crippen molar-refractivity contribution in [2.24, 2.45) is 10.5 Å². The second-order valence-corrected chi connectivity index (χ2v) is 4.78. The van der Waals surface area contributed by atoms with Crippen LogP contribution >= 0.6 is 11.8 Å². The first-order valence-electron chi connectivity index (χ1n) is 4.11. The molecule has 12 heavy (non-hydrogen) atoms. The Morgan fingerprint density at radius 2 is 2.08 bits per heavy atom. The maximum absolute atomic E-state index is 5.92. The molecule has 0 amide bonds. The highest BCUT2D eigenvalue weighted by molar-refractivity contribution is 6.19. The molecule has 1 atom stereocenters. The van der Waals surface area contributed by atoms with E-state index in [0.717, 1.165) is 6.42 Å². The minimum atomic E-state index is 0.201. The van der Waals surface area contributed by atoms with Crippen molar-refractivity contribution in [3.63, 3.8) is 0 Å². The third kappa shape index (κ3) is 2.27. The number of nitrogens with zero attached hydrogens (tertiary/aromatic N) is 3. The maximum Gasteiger partial charge on any atom is 0.134 e. The second-order valence-electron chi connectivity index (χ2n) is 4.39. The van der Waals surface area contributed by atoms with Crippen molar-refractivity contribution in [1.29, 1.82) is 0 Å². The standard InChI is InChI=1S/C8H16ClN3/c1-8(2,3)5-7-11(4)10-6-12(7)9/h6-7H,5H2,1-4H3. The molecule has 0 N–H and O–H groups in total. The van der Waals surface area contributed by atoms with Gasteiger partial charge in [0.15, 0.2) is 0 Å². The third-order valence-electron chi connectivity index (χ3n) is 1.86. The second kappa shape index (κ2) is 3.13. The Morgan fingerprint density at radius 1 is 1.50 bits per heavy atom. The summed E-state index contributed by atoms with van der Waals surface area (Å²) in [6.07, 6.45) is 2.86.